The summed E-state index contributed by atoms with van der Waals surface area (Å²) in [7, 11) is 4.04. The quantitative estimate of drug-likeness (QED) is 0.783. The van der Waals surface area contributed by atoms with E-state index in [-0.39, 0.29) is 17.6 Å². The SMILES string of the molecule is CN(C)CCNC(=O)CC1Cc2ccccc2C2(CCN(CC3CC3)CC2)O1. The lowest BCUT2D eigenvalue weighted by Gasteiger charge is -2.47. The van der Waals surface area contributed by atoms with Crippen molar-refractivity contribution < 1.29 is 9.53 Å². The maximum atomic E-state index is 12.4. The Bertz CT molecular complexity index is 678. The van der Waals surface area contributed by atoms with Crippen LogP contribution >= 0.6 is 0 Å². The highest BCUT2D eigenvalue weighted by Crippen LogP contribution is 2.44. The zero-order valence-electron chi connectivity index (χ0n) is 17.5. The number of amides is 1. The molecule has 5 heteroatoms. The number of benzene rings is 1. The van der Waals surface area contributed by atoms with Crippen molar-refractivity contribution in [2.24, 2.45) is 5.92 Å². The summed E-state index contributed by atoms with van der Waals surface area (Å²) in [6.45, 7) is 5.02. The standard InChI is InChI=1S/C23H35N3O2/c1-25(2)14-11-24-22(27)16-20-15-19-5-3-4-6-21(19)23(28-20)9-12-26(13-10-23)17-18-7-8-18/h3-6,18,20H,7-17H2,1-2H3,(H,24,27). The predicted molar refractivity (Wildman–Crippen MR) is 111 cm³/mol. The lowest BCUT2D eigenvalue weighted by Crippen LogP contribution is -2.50. The number of likely N-dealkylation sites (N-methyl/N-ethyl adjacent to an activating group) is 1. The van der Waals surface area contributed by atoms with E-state index in [0.717, 1.165) is 44.8 Å². The van der Waals surface area contributed by atoms with Crippen LogP contribution in [0.2, 0.25) is 0 Å². The van der Waals surface area contributed by atoms with E-state index in [1.165, 1.54) is 30.5 Å². The van der Waals surface area contributed by atoms with Crippen molar-refractivity contribution in [2.45, 2.75) is 50.2 Å². The summed E-state index contributed by atoms with van der Waals surface area (Å²) >= 11 is 0. The third-order valence-corrected chi connectivity index (χ3v) is 6.52. The van der Waals surface area contributed by atoms with E-state index in [9.17, 15) is 4.79 Å². The number of hydrogen-bond donors (Lipinski definition) is 1. The Morgan fingerprint density at radius 3 is 2.71 bits per heavy atom. The second-order valence-corrected chi connectivity index (χ2v) is 9.20. The summed E-state index contributed by atoms with van der Waals surface area (Å²) in [6, 6.07) is 8.73. The van der Waals surface area contributed by atoms with E-state index in [1.54, 1.807) is 0 Å². The number of hydrogen-bond acceptors (Lipinski definition) is 4. The van der Waals surface area contributed by atoms with Gasteiger partial charge in [-0.1, -0.05) is 24.3 Å². The Balaban J connectivity index is 1.40. The molecule has 1 amide bonds. The molecule has 28 heavy (non-hydrogen) atoms. The van der Waals surface area contributed by atoms with Crippen LogP contribution in [0.25, 0.3) is 0 Å². The minimum atomic E-state index is -0.205. The molecule has 0 aromatic heterocycles. The van der Waals surface area contributed by atoms with Crippen molar-refractivity contribution in [3.63, 3.8) is 0 Å². The van der Waals surface area contributed by atoms with Crippen molar-refractivity contribution in [1.29, 1.82) is 0 Å². The van der Waals surface area contributed by atoms with Gasteiger partial charge in [0.15, 0.2) is 0 Å². The molecule has 1 saturated carbocycles. The molecule has 1 atom stereocenters. The van der Waals surface area contributed by atoms with Gasteiger partial charge in [-0.25, -0.2) is 0 Å². The number of rotatable bonds is 7. The van der Waals surface area contributed by atoms with Crippen molar-refractivity contribution in [1.82, 2.24) is 15.1 Å². The number of nitrogens with one attached hydrogen (secondary N) is 1. The summed E-state index contributed by atoms with van der Waals surface area (Å²) in [5.41, 5.74) is 2.53. The normalized spacial score (nSPS) is 24.3. The predicted octanol–water partition coefficient (Wildman–Crippen LogP) is 2.40. The van der Waals surface area contributed by atoms with Gasteiger partial charge in [-0.2, -0.15) is 0 Å². The first-order chi connectivity index (χ1) is 13.5. The number of carbonyl (C=O) groups excluding carboxylic acids is 1. The number of likely N-dealkylation sites (tertiary alicyclic amines) is 1. The Hall–Kier alpha value is -1.43. The highest BCUT2D eigenvalue weighted by Gasteiger charge is 2.44. The summed E-state index contributed by atoms with van der Waals surface area (Å²) < 4.78 is 6.71. The largest absolute Gasteiger partial charge is 0.366 e. The molecule has 1 unspecified atom stereocenters. The van der Waals surface area contributed by atoms with Crippen LogP contribution in [-0.2, 0) is 21.6 Å². The van der Waals surface area contributed by atoms with Gasteiger partial charge in [0.05, 0.1) is 18.1 Å². The Labute approximate surface area is 169 Å². The average Bonchev–Trinajstić information content (AvgIpc) is 3.47. The van der Waals surface area contributed by atoms with E-state index in [4.69, 9.17) is 4.74 Å². The van der Waals surface area contributed by atoms with Crippen LogP contribution in [0.15, 0.2) is 24.3 Å². The molecule has 3 aliphatic rings. The molecule has 1 spiro atoms. The van der Waals surface area contributed by atoms with Crippen LogP contribution in [-0.4, -0.2) is 68.6 Å². The summed E-state index contributed by atoms with van der Waals surface area (Å²) in [5, 5.41) is 3.04. The maximum Gasteiger partial charge on any atom is 0.222 e. The third kappa shape index (κ3) is 4.76. The first kappa shape index (κ1) is 19.9. The van der Waals surface area contributed by atoms with Gasteiger partial charge in [0.1, 0.15) is 0 Å². The van der Waals surface area contributed by atoms with Crippen LogP contribution in [0, 0.1) is 5.92 Å². The monoisotopic (exact) mass is 385 g/mol. The number of nitrogens with zero attached hydrogens (tertiary/aromatic N) is 2. The second kappa shape index (κ2) is 8.52. The Morgan fingerprint density at radius 2 is 2.00 bits per heavy atom. The fraction of sp³-hybridized carbons (Fsp3) is 0.696. The van der Waals surface area contributed by atoms with Crippen LogP contribution in [0.3, 0.4) is 0 Å². The lowest BCUT2D eigenvalue weighted by atomic mass is 9.78. The smallest absolute Gasteiger partial charge is 0.222 e. The van der Waals surface area contributed by atoms with Crippen molar-refractivity contribution in [3.05, 3.63) is 35.4 Å². The van der Waals surface area contributed by atoms with Crippen LogP contribution in [0.5, 0.6) is 0 Å². The van der Waals surface area contributed by atoms with E-state index in [0.29, 0.717) is 13.0 Å². The van der Waals surface area contributed by atoms with Gasteiger partial charge in [-0.3, -0.25) is 4.79 Å². The zero-order valence-corrected chi connectivity index (χ0v) is 17.5. The zero-order chi connectivity index (χ0) is 19.6. The average molecular weight is 386 g/mol. The van der Waals surface area contributed by atoms with Crippen molar-refractivity contribution in [3.8, 4) is 0 Å². The molecule has 1 saturated heterocycles. The molecule has 2 aliphatic heterocycles. The van der Waals surface area contributed by atoms with Gasteiger partial charge in [0, 0.05) is 32.7 Å². The van der Waals surface area contributed by atoms with Crippen LogP contribution in [0.1, 0.15) is 43.2 Å². The molecule has 4 rings (SSSR count). The molecule has 2 fully saturated rings. The molecule has 154 valence electrons. The second-order valence-electron chi connectivity index (χ2n) is 9.20. The molecule has 1 N–H and O–H groups in total. The number of fused-ring (bicyclic) bond motifs is 2. The minimum Gasteiger partial charge on any atom is -0.366 e. The Kier molecular flexibility index (Phi) is 6.04. The van der Waals surface area contributed by atoms with Crippen molar-refractivity contribution in [2.75, 3.05) is 46.8 Å². The van der Waals surface area contributed by atoms with E-state index < -0.39 is 0 Å². The van der Waals surface area contributed by atoms with Gasteiger partial charge in [-0.15, -0.1) is 0 Å². The Morgan fingerprint density at radius 1 is 1.25 bits per heavy atom. The third-order valence-electron chi connectivity index (χ3n) is 6.52. The van der Waals surface area contributed by atoms with Gasteiger partial charge >= 0.3 is 0 Å². The first-order valence-electron chi connectivity index (χ1n) is 10.9. The lowest BCUT2D eigenvalue weighted by molar-refractivity contribution is -0.150. The van der Waals surface area contributed by atoms with Crippen molar-refractivity contribution >= 4 is 5.91 Å². The maximum absolute atomic E-state index is 12.4. The highest BCUT2D eigenvalue weighted by atomic mass is 16.5. The molecule has 1 aromatic carbocycles. The first-order valence-corrected chi connectivity index (χ1v) is 10.9. The van der Waals surface area contributed by atoms with Gasteiger partial charge < -0.3 is 19.9 Å². The van der Waals surface area contributed by atoms with Gasteiger partial charge in [-0.05, 0) is 63.2 Å². The molecule has 0 radical (unpaired) electrons. The molecule has 1 aromatic rings. The molecule has 1 aliphatic carbocycles. The minimum absolute atomic E-state index is 0.0239. The van der Waals surface area contributed by atoms with Crippen LogP contribution in [0.4, 0.5) is 0 Å². The fourth-order valence-electron chi connectivity index (χ4n) is 4.77. The summed E-state index contributed by atoms with van der Waals surface area (Å²) in [4.78, 5) is 17.1. The van der Waals surface area contributed by atoms with E-state index in [1.807, 2.05) is 14.1 Å². The summed E-state index contributed by atoms with van der Waals surface area (Å²) in [5.74, 6) is 1.04. The van der Waals surface area contributed by atoms with E-state index in [2.05, 4.69) is 39.4 Å². The number of piperidine rings is 1. The molecular formula is C23H35N3O2. The van der Waals surface area contributed by atoms with E-state index >= 15 is 0 Å². The van der Waals surface area contributed by atoms with Gasteiger partial charge in [0.2, 0.25) is 5.91 Å². The highest BCUT2D eigenvalue weighted by molar-refractivity contribution is 5.76. The number of carbonyl (C=O) groups is 1. The molecular weight excluding hydrogens is 350 g/mol. The molecule has 2 heterocycles. The molecule has 5 nitrogen and oxygen atoms in total. The topological polar surface area (TPSA) is 44.8 Å². The fourth-order valence-corrected chi connectivity index (χ4v) is 4.77. The van der Waals surface area contributed by atoms with Crippen LogP contribution < -0.4 is 5.32 Å². The summed E-state index contributed by atoms with van der Waals surface area (Å²) in [6.07, 6.45) is 6.16. The van der Waals surface area contributed by atoms with Gasteiger partial charge in [0.25, 0.3) is 0 Å². The number of ether oxygens (including phenoxy) is 1. The molecule has 0 bridgehead atoms.